The fourth-order valence-corrected chi connectivity index (χ4v) is 3.73. The molecule has 2 rings (SSSR count). The Labute approximate surface area is 158 Å². The summed E-state index contributed by atoms with van der Waals surface area (Å²) in [5.74, 6) is 0.295. The van der Waals surface area contributed by atoms with E-state index in [1.807, 2.05) is 0 Å². The van der Waals surface area contributed by atoms with E-state index in [1.54, 1.807) is 18.2 Å². The number of ether oxygens (including phenoxy) is 4. The molecule has 0 spiro atoms. The van der Waals surface area contributed by atoms with Crippen LogP contribution >= 0.6 is 0 Å². The van der Waals surface area contributed by atoms with Crippen LogP contribution in [0.5, 0.6) is 17.2 Å². The van der Waals surface area contributed by atoms with Crippen molar-refractivity contribution in [1.29, 1.82) is 0 Å². The molecule has 2 aromatic rings. The highest BCUT2D eigenvalue weighted by Crippen LogP contribution is 2.34. The second-order valence-corrected chi connectivity index (χ2v) is 7.64. The molecule has 7 nitrogen and oxygen atoms in total. The number of rotatable bonds is 9. The van der Waals surface area contributed by atoms with Crippen LogP contribution in [0.2, 0.25) is 0 Å². The zero-order chi connectivity index (χ0) is 19.9. The molecule has 0 aliphatic rings. The lowest BCUT2D eigenvalue weighted by Gasteiger charge is -2.13. The van der Waals surface area contributed by atoms with Crippen LogP contribution in [0.3, 0.4) is 0 Å². The number of methoxy groups -OCH3 is 3. The van der Waals surface area contributed by atoms with Gasteiger partial charge in [0, 0.05) is 12.1 Å². The molecule has 0 heterocycles. The summed E-state index contributed by atoms with van der Waals surface area (Å²) in [4.78, 5) is 12.6. The van der Waals surface area contributed by atoms with Gasteiger partial charge in [0.05, 0.1) is 38.6 Å². The summed E-state index contributed by atoms with van der Waals surface area (Å²) in [6, 6.07) is 11.1. The van der Waals surface area contributed by atoms with E-state index < -0.39 is 15.8 Å². The third-order valence-corrected chi connectivity index (χ3v) is 5.63. The highest BCUT2D eigenvalue weighted by Gasteiger charge is 2.19. The van der Waals surface area contributed by atoms with Gasteiger partial charge in [0.2, 0.25) is 0 Å². The first-order valence-corrected chi connectivity index (χ1v) is 9.83. The largest absolute Gasteiger partial charge is 0.496 e. The monoisotopic (exact) mass is 394 g/mol. The van der Waals surface area contributed by atoms with E-state index in [0.717, 1.165) is 0 Å². The average Bonchev–Trinajstić information content (AvgIpc) is 2.70. The maximum Gasteiger partial charge on any atom is 0.342 e. The number of carbonyl (C=O) groups is 1. The van der Waals surface area contributed by atoms with Crippen LogP contribution in [0, 0.1) is 0 Å². The van der Waals surface area contributed by atoms with Crippen LogP contribution < -0.4 is 14.2 Å². The minimum Gasteiger partial charge on any atom is -0.496 e. The Morgan fingerprint density at radius 2 is 1.48 bits per heavy atom. The second-order valence-electron chi connectivity index (χ2n) is 5.53. The van der Waals surface area contributed by atoms with Crippen molar-refractivity contribution in [1.82, 2.24) is 0 Å². The number of carbonyl (C=O) groups excluding carboxylic acids is 1. The molecule has 146 valence electrons. The van der Waals surface area contributed by atoms with E-state index in [1.165, 1.54) is 45.6 Å². The predicted molar refractivity (Wildman–Crippen MR) is 99.5 cm³/mol. The molecule has 0 radical (unpaired) electrons. The zero-order valence-corrected chi connectivity index (χ0v) is 16.2. The Morgan fingerprint density at radius 3 is 2.07 bits per heavy atom. The molecule has 2 aromatic carbocycles. The number of benzene rings is 2. The van der Waals surface area contributed by atoms with Crippen LogP contribution in [-0.4, -0.2) is 48.1 Å². The van der Waals surface area contributed by atoms with Gasteiger partial charge >= 0.3 is 5.97 Å². The number of sulfone groups is 1. The second kappa shape index (κ2) is 9.27. The van der Waals surface area contributed by atoms with Crippen molar-refractivity contribution in [3.63, 3.8) is 0 Å². The van der Waals surface area contributed by atoms with Gasteiger partial charge in [-0.2, -0.15) is 0 Å². The summed E-state index contributed by atoms with van der Waals surface area (Å²) in [6.07, 6.45) is 0.179. The van der Waals surface area contributed by atoms with Gasteiger partial charge in [-0.15, -0.1) is 0 Å². The van der Waals surface area contributed by atoms with E-state index in [4.69, 9.17) is 18.9 Å². The molecule has 0 saturated carbocycles. The molecule has 0 amide bonds. The number of hydrogen-bond donors (Lipinski definition) is 0. The summed E-state index contributed by atoms with van der Waals surface area (Å²) in [5, 5.41) is 0. The van der Waals surface area contributed by atoms with Crippen molar-refractivity contribution in [2.24, 2.45) is 0 Å². The molecule has 0 fully saturated rings. The van der Waals surface area contributed by atoms with Crippen molar-refractivity contribution in [3.05, 3.63) is 48.0 Å². The lowest BCUT2D eigenvalue weighted by Crippen LogP contribution is -2.13. The Bertz CT molecular complexity index is 876. The summed E-state index contributed by atoms with van der Waals surface area (Å²) in [5.41, 5.74) is 0.168. The van der Waals surface area contributed by atoms with Crippen LogP contribution in [0.25, 0.3) is 0 Å². The van der Waals surface area contributed by atoms with Crippen molar-refractivity contribution in [3.8, 4) is 17.2 Å². The summed E-state index contributed by atoms with van der Waals surface area (Å²) >= 11 is 0. The molecule has 0 bridgehead atoms. The maximum atomic E-state index is 12.3. The first-order chi connectivity index (χ1) is 12.9. The SMILES string of the molecule is COc1cc(OC)c(C(=O)OCCCS(=O)(=O)c2ccccc2)cc1OC. The van der Waals surface area contributed by atoms with Crippen molar-refractivity contribution in [2.45, 2.75) is 11.3 Å². The zero-order valence-electron chi connectivity index (χ0n) is 15.4. The summed E-state index contributed by atoms with van der Waals surface area (Å²) < 4.78 is 45.2. The van der Waals surface area contributed by atoms with Crippen molar-refractivity contribution < 1.29 is 32.2 Å². The topological polar surface area (TPSA) is 88.1 Å². The van der Waals surface area contributed by atoms with Gasteiger partial charge in [-0.3, -0.25) is 0 Å². The third-order valence-electron chi connectivity index (χ3n) is 3.82. The molecule has 8 heteroatoms. The van der Waals surface area contributed by atoms with Gasteiger partial charge in [-0.25, -0.2) is 13.2 Å². The van der Waals surface area contributed by atoms with Crippen LogP contribution in [0.15, 0.2) is 47.4 Å². The highest BCUT2D eigenvalue weighted by molar-refractivity contribution is 7.91. The maximum absolute atomic E-state index is 12.3. The van der Waals surface area contributed by atoms with E-state index >= 15 is 0 Å². The molecule has 0 N–H and O–H groups in total. The van der Waals surface area contributed by atoms with Crippen LogP contribution in [-0.2, 0) is 14.6 Å². The minimum absolute atomic E-state index is 0.0393. The average molecular weight is 394 g/mol. The van der Waals surface area contributed by atoms with Gasteiger partial charge in [-0.05, 0) is 18.6 Å². The Morgan fingerprint density at radius 1 is 0.889 bits per heavy atom. The normalized spacial score (nSPS) is 10.9. The van der Waals surface area contributed by atoms with Gasteiger partial charge in [0.1, 0.15) is 11.3 Å². The van der Waals surface area contributed by atoms with E-state index in [9.17, 15) is 13.2 Å². The fourth-order valence-electron chi connectivity index (χ4n) is 2.43. The van der Waals surface area contributed by atoms with Gasteiger partial charge < -0.3 is 18.9 Å². The standard InChI is InChI=1S/C19H22O7S/c1-23-16-13-18(25-3)17(24-2)12-15(16)19(20)26-10-7-11-27(21,22)14-8-5-4-6-9-14/h4-6,8-9,12-13H,7,10-11H2,1-3H3. The summed E-state index contributed by atoms with van der Waals surface area (Å²) in [6.45, 7) is -0.0393. The molecule has 0 atom stereocenters. The Kier molecular flexibility index (Phi) is 7.06. The quantitative estimate of drug-likeness (QED) is 0.477. The fraction of sp³-hybridized carbons (Fsp3) is 0.316. The smallest absolute Gasteiger partial charge is 0.342 e. The molecule has 0 saturated heterocycles. The van der Waals surface area contributed by atoms with Gasteiger partial charge in [-0.1, -0.05) is 18.2 Å². The molecular formula is C19H22O7S. The lowest BCUT2D eigenvalue weighted by molar-refractivity contribution is 0.0501. The minimum atomic E-state index is -3.41. The van der Waals surface area contributed by atoms with E-state index in [0.29, 0.717) is 11.5 Å². The highest BCUT2D eigenvalue weighted by atomic mass is 32.2. The third kappa shape index (κ3) is 5.13. The molecular weight excluding hydrogens is 372 g/mol. The lowest BCUT2D eigenvalue weighted by atomic mass is 10.1. The molecule has 27 heavy (non-hydrogen) atoms. The van der Waals surface area contributed by atoms with E-state index in [2.05, 4.69) is 0 Å². The van der Waals surface area contributed by atoms with Crippen LogP contribution in [0.1, 0.15) is 16.8 Å². The molecule has 0 aliphatic carbocycles. The van der Waals surface area contributed by atoms with Gasteiger partial charge in [0.25, 0.3) is 0 Å². The van der Waals surface area contributed by atoms with Crippen LogP contribution in [0.4, 0.5) is 0 Å². The Balaban J connectivity index is 2.00. The predicted octanol–water partition coefficient (Wildman–Crippen LogP) is 2.73. The Hall–Kier alpha value is -2.74. The molecule has 0 unspecified atom stereocenters. The number of hydrogen-bond acceptors (Lipinski definition) is 7. The van der Waals surface area contributed by atoms with Crippen molar-refractivity contribution in [2.75, 3.05) is 33.7 Å². The molecule has 0 aromatic heterocycles. The van der Waals surface area contributed by atoms with Gasteiger partial charge in [0.15, 0.2) is 21.3 Å². The first kappa shape index (κ1) is 20.6. The van der Waals surface area contributed by atoms with Crippen molar-refractivity contribution >= 4 is 15.8 Å². The molecule has 0 aliphatic heterocycles. The number of esters is 1. The first-order valence-electron chi connectivity index (χ1n) is 8.18. The summed E-state index contributed by atoms with van der Waals surface area (Å²) in [7, 11) is 0.940. The van der Waals surface area contributed by atoms with E-state index in [-0.39, 0.29) is 35.0 Å².